The summed E-state index contributed by atoms with van der Waals surface area (Å²) in [6.07, 6.45) is 2.61. The maximum absolute atomic E-state index is 12.9. The Morgan fingerprint density at radius 1 is 0.960 bits per heavy atom. The third kappa shape index (κ3) is 2.69. The highest BCUT2D eigenvalue weighted by atomic mass is 35.5. The van der Waals surface area contributed by atoms with E-state index in [-0.39, 0.29) is 17.6 Å². The van der Waals surface area contributed by atoms with Crippen LogP contribution in [0.2, 0.25) is 5.02 Å². The number of Topliss-reactive ketones (excluding diaryl/α,β-unsaturated/α-hetero) is 1. The number of fused-ring (bicyclic) bond motifs is 2. The second-order valence-corrected chi connectivity index (χ2v) is 7.76. The minimum atomic E-state index is 0.0758. The van der Waals surface area contributed by atoms with Crippen LogP contribution >= 0.6 is 11.6 Å². The topological polar surface area (TPSA) is 37.3 Å². The smallest absolute Gasteiger partial charge is 0.169 e. The average Bonchev–Trinajstić information content (AvgIpc) is 3.04. The molecular weight excluding hydrogens is 332 g/mol. The minimum absolute atomic E-state index is 0.0758. The summed E-state index contributed by atoms with van der Waals surface area (Å²) in [4.78, 5) is 12.9. The minimum Gasteiger partial charge on any atom is -0.511 e. The molecular formula is C22H21ClO2. The lowest BCUT2D eigenvalue weighted by Gasteiger charge is -2.23. The van der Waals surface area contributed by atoms with E-state index in [2.05, 4.69) is 6.07 Å². The number of benzene rings is 2. The van der Waals surface area contributed by atoms with Gasteiger partial charge in [0.05, 0.1) is 5.57 Å². The standard InChI is InChI=1S/C22H21ClO2/c1-12-4-8-17(23)11-18(12)14-5-3-13(2)19(10-14)20-21(24)15-6-7-16(9-15)22(20)25/h3-5,8,10-11,15-16,24H,6-7,9H2,1-2H3/t15-,16+/m1/s1. The Morgan fingerprint density at radius 3 is 2.44 bits per heavy atom. The summed E-state index contributed by atoms with van der Waals surface area (Å²) in [6.45, 7) is 4.04. The van der Waals surface area contributed by atoms with Crippen LogP contribution in [-0.4, -0.2) is 10.9 Å². The van der Waals surface area contributed by atoms with E-state index in [4.69, 9.17) is 11.6 Å². The molecule has 2 aliphatic rings. The summed E-state index contributed by atoms with van der Waals surface area (Å²) in [5.74, 6) is 0.622. The van der Waals surface area contributed by atoms with Crippen LogP contribution in [0.1, 0.15) is 36.0 Å². The highest BCUT2D eigenvalue weighted by Crippen LogP contribution is 2.46. The molecule has 2 atom stereocenters. The van der Waals surface area contributed by atoms with Gasteiger partial charge in [0.25, 0.3) is 0 Å². The molecule has 128 valence electrons. The summed E-state index contributed by atoms with van der Waals surface area (Å²) in [7, 11) is 0. The average molecular weight is 353 g/mol. The zero-order valence-corrected chi connectivity index (χ0v) is 15.2. The van der Waals surface area contributed by atoms with Gasteiger partial charge in [-0.25, -0.2) is 0 Å². The molecule has 0 aliphatic heterocycles. The van der Waals surface area contributed by atoms with Gasteiger partial charge in [-0.05, 0) is 79.1 Å². The highest BCUT2D eigenvalue weighted by molar-refractivity contribution is 6.31. The van der Waals surface area contributed by atoms with Crippen molar-refractivity contribution in [2.75, 3.05) is 0 Å². The van der Waals surface area contributed by atoms with Crippen LogP contribution in [0.4, 0.5) is 0 Å². The summed E-state index contributed by atoms with van der Waals surface area (Å²) in [5, 5.41) is 11.4. The fourth-order valence-corrected chi connectivity index (χ4v) is 4.41. The Balaban J connectivity index is 1.88. The predicted molar refractivity (Wildman–Crippen MR) is 102 cm³/mol. The van der Waals surface area contributed by atoms with Crippen molar-refractivity contribution in [1.29, 1.82) is 0 Å². The van der Waals surface area contributed by atoms with Gasteiger partial charge >= 0.3 is 0 Å². The molecule has 0 spiro atoms. The molecule has 3 heteroatoms. The number of aliphatic hydroxyl groups is 1. The molecule has 2 aliphatic carbocycles. The number of aliphatic hydroxyl groups excluding tert-OH is 1. The van der Waals surface area contributed by atoms with Crippen molar-refractivity contribution in [2.24, 2.45) is 11.8 Å². The molecule has 1 saturated carbocycles. The lowest BCUT2D eigenvalue weighted by Crippen LogP contribution is -2.21. The molecule has 0 heterocycles. The molecule has 4 rings (SSSR count). The number of carbonyl (C=O) groups excluding carboxylic acids is 1. The third-order valence-electron chi connectivity index (χ3n) is 5.71. The normalized spacial score (nSPS) is 22.6. The SMILES string of the molecule is Cc1ccc(-c2cc(Cl)ccc2C)cc1C1=C(O)[C@@H]2CC[C@@H](C2)C1=O. The Kier molecular flexibility index (Phi) is 3.96. The number of hydrogen-bond acceptors (Lipinski definition) is 2. The maximum atomic E-state index is 12.9. The van der Waals surface area contributed by atoms with Crippen molar-refractivity contribution in [2.45, 2.75) is 33.1 Å². The van der Waals surface area contributed by atoms with E-state index in [9.17, 15) is 9.90 Å². The Morgan fingerprint density at radius 2 is 1.64 bits per heavy atom. The summed E-state index contributed by atoms with van der Waals surface area (Å²) in [6, 6.07) is 11.9. The summed E-state index contributed by atoms with van der Waals surface area (Å²) >= 11 is 6.18. The third-order valence-corrected chi connectivity index (χ3v) is 5.95. The number of rotatable bonds is 2. The van der Waals surface area contributed by atoms with Gasteiger partial charge in [0.2, 0.25) is 0 Å². The van der Waals surface area contributed by atoms with Crippen LogP contribution in [0.5, 0.6) is 0 Å². The van der Waals surface area contributed by atoms with E-state index >= 15 is 0 Å². The zero-order valence-electron chi connectivity index (χ0n) is 14.5. The first-order valence-electron chi connectivity index (χ1n) is 8.80. The molecule has 0 unspecified atom stereocenters. The van der Waals surface area contributed by atoms with E-state index < -0.39 is 0 Å². The lowest BCUT2D eigenvalue weighted by molar-refractivity contribution is -0.117. The molecule has 2 nitrogen and oxygen atoms in total. The van der Waals surface area contributed by atoms with Crippen LogP contribution in [0.3, 0.4) is 0 Å². The fraction of sp³-hybridized carbons (Fsp3) is 0.318. The first-order valence-corrected chi connectivity index (χ1v) is 9.18. The van der Waals surface area contributed by atoms with Crippen molar-refractivity contribution >= 4 is 23.0 Å². The quantitative estimate of drug-likeness (QED) is 0.731. The summed E-state index contributed by atoms with van der Waals surface area (Å²) < 4.78 is 0. The van der Waals surface area contributed by atoms with Crippen molar-refractivity contribution in [1.82, 2.24) is 0 Å². The predicted octanol–water partition coefficient (Wildman–Crippen LogP) is 5.89. The van der Waals surface area contributed by atoms with E-state index in [1.165, 1.54) is 0 Å². The maximum Gasteiger partial charge on any atom is 0.169 e. The summed E-state index contributed by atoms with van der Waals surface area (Å²) in [5.41, 5.74) is 5.62. The second-order valence-electron chi connectivity index (χ2n) is 7.32. The number of carbonyl (C=O) groups is 1. The molecule has 0 saturated heterocycles. The number of aryl methyl sites for hydroxylation is 2. The van der Waals surface area contributed by atoms with Gasteiger partial charge in [0.1, 0.15) is 5.76 Å². The largest absolute Gasteiger partial charge is 0.511 e. The van der Waals surface area contributed by atoms with Gasteiger partial charge in [-0.15, -0.1) is 0 Å². The lowest BCUT2D eigenvalue weighted by atomic mass is 9.81. The second kappa shape index (κ2) is 6.03. The first kappa shape index (κ1) is 16.4. The van der Waals surface area contributed by atoms with Gasteiger partial charge in [-0.1, -0.05) is 29.8 Å². The Bertz CT molecular complexity index is 910. The van der Waals surface area contributed by atoms with Crippen LogP contribution in [0, 0.1) is 25.7 Å². The van der Waals surface area contributed by atoms with E-state index in [0.717, 1.165) is 47.1 Å². The van der Waals surface area contributed by atoms with Crippen molar-refractivity contribution in [3.63, 3.8) is 0 Å². The van der Waals surface area contributed by atoms with Crippen molar-refractivity contribution in [3.8, 4) is 11.1 Å². The van der Waals surface area contributed by atoms with Crippen molar-refractivity contribution < 1.29 is 9.90 Å². The molecule has 25 heavy (non-hydrogen) atoms. The number of ketones is 1. The molecule has 0 radical (unpaired) electrons. The Labute approximate surface area is 153 Å². The van der Waals surface area contributed by atoms with Crippen LogP contribution in [-0.2, 0) is 4.79 Å². The van der Waals surface area contributed by atoms with Gasteiger partial charge in [-0.3, -0.25) is 4.79 Å². The number of hydrogen-bond donors (Lipinski definition) is 1. The monoisotopic (exact) mass is 352 g/mol. The number of allylic oxidation sites excluding steroid dienone is 2. The van der Waals surface area contributed by atoms with Crippen LogP contribution in [0.15, 0.2) is 42.2 Å². The molecule has 2 aromatic carbocycles. The molecule has 1 fully saturated rings. The number of halogens is 1. The van der Waals surface area contributed by atoms with Gasteiger partial charge in [-0.2, -0.15) is 0 Å². The fourth-order valence-electron chi connectivity index (χ4n) is 4.24. The molecule has 1 N–H and O–H groups in total. The van der Waals surface area contributed by atoms with Crippen molar-refractivity contribution in [3.05, 3.63) is 63.9 Å². The van der Waals surface area contributed by atoms with E-state index in [0.29, 0.717) is 16.4 Å². The molecule has 0 amide bonds. The van der Waals surface area contributed by atoms with Gasteiger partial charge < -0.3 is 5.11 Å². The Hall–Kier alpha value is -2.06. The van der Waals surface area contributed by atoms with Gasteiger partial charge in [0, 0.05) is 16.9 Å². The van der Waals surface area contributed by atoms with Crippen LogP contribution in [0.25, 0.3) is 16.7 Å². The van der Waals surface area contributed by atoms with E-state index in [1.54, 1.807) is 0 Å². The van der Waals surface area contributed by atoms with E-state index in [1.807, 2.05) is 44.2 Å². The first-order chi connectivity index (χ1) is 12.0. The molecule has 0 aromatic heterocycles. The van der Waals surface area contributed by atoms with Gasteiger partial charge in [0.15, 0.2) is 5.78 Å². The van der Waals surface area contributed by atoms with Crippen LogP contribution < -0.4 is 0 Å². The molecule has 2 bridgehead atoms. The highest BCUT2D eigenvalue weighted by Gasteiger charge is 2.41. The zero-order chi connectivity index (χ0) is 17.7. The molecule has 2 aromatic rings.